The number of rotatable bonds is 4. The molecular weight excluding hydrogens is 152 g/mol. The first-order valence-corrected chi connectivity index (χ1v) is 4.70. The fraction of sp³-hybridized carbons (Fsp3) is 0.889. The van der Waals surface area contributed by atoms with Crippen LogP contribution in [0.4, 0.5) is 0 Å². The van der Waals surface area contributed by atoms with Crippen LogP contribution in [0.3, 0.4) is 0 Å². The maximum Gasteiger partial charge on any atom is 0.145 e. The Balaban J connectivity index is 2.34. The molecular formula is C9H18N2O. The molecule has 70 valence electrons. The van der Waals surface area contributed by atoms with Crippen LogP contribution in [-0.2, 0) is 4.84 Å². The third-order valence-corrected chi connectivity index (χ3v) is 2.31. The van der Waals surface area contributed by atoms with Gasteiger partial charge in [0.15, 0.2) is 0 Å². The Bertz CT molecular complexity index is 168. The summed E-state index contributed by atoms with van der Waals surface area (Å²) >= 11 is 0. The number of nitrogens with zero attached hydrogens (tertiary/aromatic N) is 1. The molecule has 2 atom stereocenters. The molecule has 0 aromatic carbocycles. The van der Waals surface area contributed by atoms with E-state index in [1.54, 1.807) is 0 Å². The minimum atomic E-state index is 0.138. The van der Waals surface area contributed by atoms with E-state index >= 15 is 0 Å². The Hall–Kier alpha value is -0.570. The molecule has 0 aromatic heterocycles. The number of hydrogen-bond acceptors (Lipinski definition) is 3. The van der Waals surface area contributed by atoms with Crippen LogP contribution in [0.1, 0.15) is 33.1 Å². The van der Waals surface area contributed by atoms with Gasteiger partial charge in [0.05, 0.1) is 5.71 Å². The van der Waals surface area contributed by atoms with E-state index in [0.29, 0.717) is 12.5 Å². The topological polar surface area (TPSA) is 47.6 Å². The molecule has 0 bridgehead atoms. The average Bonchev–Trinajstić information content (AvgIpc) is 2.52. The molecule has 0 aliphatic carbocycles. The zero-order valence-electron chi connectivity index (χ0n) is 7.92. The average molecular weight is 170 g/mol. The molecule has 0 amide bonds. The van der Waals surface area contributed by atoms with Crippen molar-refractivity contribution in [2.75, 3.05) is 6.54 Å². The molecule has 3 nitrogen and oxygen atoms in total. The fourth-order valence-corrected chi connectivity index (χ4v) is 1.47. The molecule has 1 heterocycles. The highest BCUT2D eigenvalue weighted by molar-refractivity contribution is 5.87. The zero-order valence-corrected chi connectivity index (χ0v) is 7.92. The Morgan fingerprint density at radius 3 is 3.00 bits per heavy atom. The molecule has 1 rings (SSSR count). The van der Waals surface area contributed by atoms with Crippen molar-refractivity contribution in [3.63, 3.8) is 0 Å². The molecule has 0 saturated carbocycles. The van der Waals surface area contributed by atoms with Gasteiger partial charge in [0.1, 0.15) is 6.10 Å². The summed E-state index contributed by atoms with van der Waals surface area (Å²) in [4.78, 5) is 5.15. The van der Waals surface area contributed by atoms with Crippen LogP contribution in [-0.4, -0.2) is 18.4 Å². The van der Waals surface area contributed by atoms with Gasteiger partial charge in [-0.15, -0.1) is 0 Å². The third kappa shape index (κ3) is 2.21. The van der Waals surface area contributed by atoms with Crippen LogP contribution >= 0.6 is 0 Å². The van der Waals surface area contributed by atoms with E-state index in [9.17, 15) is 0 Å². The number of nitrogens with two attached hydrogens (primary N) is 1. The van der Waals surface area contributed by atoms with Gasteiger partial charge in [-0.2, -0.15) is 0 Å². The molecule has 12 heavy (non-hydrogen) atoms. The smallest absolute Gasteiger partial charge is 0.145 e. The van der Waals surface area contributed by atoms with Gasteiger partial charge in [0.2, 0.25) is 0 Å². The first-order valence-electron chi connectivity index (χ1n) is 4.70. The normalized spacial score (nSPS) is 24.9. The molecule has 3 heteroatoms. The van der Waals surface area contributed by atoms with Gasteiger partial charge < -0.3 is 10.6 Å². The highest BCUT2D eigenvalue weighted by Gasteiger charge is 2.22. The van der Waals surface area contributed by atoms with E-state index in [-0.39, 0.29) is 6.10 Å². The highest BCUT2D eigenvalue weighted by Crippen LogP contribution is 2.18. The molecule has 0 saturated heterocycles. The molecule has 0 radical (unpaired) electrons. The largest absolute Gasteiger partial charge is 0.391 e. The maximum atomic E-state index is 5.47. The monoisotopic (exact) mass is 170 g/mol. The van der Waals surface area contributed by atoms with Crippen LogP contribution in [0.5, 0.6) is 0 Å². The predicted molar refractivity (Wildman–Crippen MR) is 50.1 cm³/mol. The van der Waals surface area contributed by atoms with Crippen molar-refractivity contribution in [2.24, 2.45) is 16.8 Å². The minimum Gasteiger partial charge on any atom is -0.391 e. The second kappa shape index (κ2) is 4.45. The van der Waals surface area contributed by atoms with Gasteiger partial charge in [0.25, 0.3) is 0 Å². The molecule has 0 fully saturated rings. The van der Waals surface area contributed by atoms with E-state index < -0.39 is 0 Å². The molecule has 0 aromatic rings. The van der Waals surface area contributed by atoms with Crippen LogP contribution in [0.2, 0.25) is 0 Å². The summed E-state index contributed by atoms with van der Waals surface area (Å²) in [7, 11) is 0. The van der Waals surface area contributed by atoms with Gasteiger partial charge in [-0.25, -0.2) is 0 Å². The second-order valence-corrected chi connectivity index (χ2v) is 3.44. The molecule has 2 N–H and O–H groups in total. The standard InChI is InChI=1S/C9H18N2O/c1-3-4-7(2)9-5-8(6-10)12-11-9/h7-8H,3-6,10H2,1-2H3. The Kier molecular flexibility index (Phi) is 3.53. The number of oxime groups is 1. The van der Waals surface area contributed by atoms with Crippen molar-refractivity contribution in [3.05, 3.63) is 0 Å². The maximum absolute atomic E-state index is 5.47. The van der Waals surface area contributed by atoms with Crippen LogP contribution in [0.25, 0.3) is 0 Å². The van der Waals surface area contributed by atoms with Crippen LogP contribution < -0.4 is 5.73 Å². The predicted octanol–water partition coefficient (Wildman–Crippen LogP) is 1.53. The molecule has 1 aliphatic heterocycles. The summed E-state index contributed by atoms with van der Waals surface area (Å²) in [6.07, 6.45) is 3.46. The summed E-state index contributed by atoms with van der Waals surface area (Å²) in [5.41, 5.74) is 6.66. The van der Waals surface area contributed by atoms with E-state index in [0.717, 1.165) is 6.42 Å². The zero-order chi connectivity index (χ0) is 8.97. The summed E-state index contributed by atoms with van der Waals surface area (Å²) in [6.45, 7) is 4.96. The Morgan fingerprint density at radius 1 is 1.75 bits per heavy atom. The first kappa shape index (κ1) is 9.52. The van der Waals surface area contributed by atoms with E-state index in [2.05, 4.69) is 19.0 Å². The summed E-state index contributed by atoms with van der Waals surface area (Å²) in [6, 6.07) is 0. The lowest BCUT2D eigenvalue weighted by Gasteiger charge is -2.07. The summed E-state index contributed by atoms with van der Waals surface area (Å²) in [5, 5.41) is 4.04. The van der Waals surface area contributed by atoms with Gasteiger partial charge in [-0.05, 0) is 12.3 Å². The van der Waals surface area contributed by atoms with Crippen molar-refractivity contribution >= 4 is 5.71 Å². The molecule has 2 unspecified atom stereocenters. The number of hydrogen-bond donors (Lipinski definition) is 1. The minimum absolute atomic E-state index is 0.138. The molecule has 0 spiro atoms. The second-order valence-electron chi connectivity index (χ2n) is 3.44. The van der Waals surface area contributed by atoms with E-state index in [4.69, 9.17) is 10.6 Å². The summed E-state index contributed by atoms with van der Waals surface area (Å²) < 4.78 is 0. The Labute approximate surface area is 74.0 Å². The van der Waals surface area contributed by atoms with Gasteiger partial charge in [0, 0.05) is 13.0 Å². The summed E-state index contributed by atoms with van der Waals surface area (Å²) in [5.74, 6) is 0.562. The lowest BCUT2D eigenvalue weighted by molar-refractivity contribution is 0.0918. The highest BCUT2D eigenvalue weighted by atomic mass is 16.6. The SMILES string of the molecule is CCCC(C)C1=NOC(CN)C1. The van der Waals surface area contributed by atoms with Crippen molar-refractivity contribution < 1.29 is 4.84 Å². The lowest BCUT2D eigenvalue weighted by atomic mass is 9.96. The van der Waals surface area contributed by atoms with E-state index in [1.807, 2.05) is 0 Å². The van der Waals surface area contributed by atoms with Crippen molar-refractivity contribution in [1.29, 1.82) is 0 Å². The van der Waals surface area contributed by atoms with Gasteiger partial charge in [-0.1, -0.05) is 25.4 Å². The van der Waals surface area contributed by atoms with Crippen molar-refractivity contribution in [2.45, 2.75) is 39.2 Å². The van der Waals surface area contributed by atoms with E-state index in [1.165, 1.54) is 18.6 Å². The third-order valence-electron chi connectivity index (χ3n) is 2.31. The Morgan fingerprint density at radius 2 is 2.50 bits per heavy atom. The van der Waals surface area contributed by atoms with Crippen molar-refractivity contribution in [3.8, 4) is 0 Å². The lowest BCUT2D eigenvalue weighted by Crippen LogP contribution is -2.21. The quantitative estimate of drug-likeness (QED) is 0.695. The van der Waals surface area contributed by atoms with Crippen LogP contribution in [0.15, 0.2) is 5.16 Å². The van der Waals surface area contributed by atoms with Gasteiger partial charge in [-0.3, -0.25) is 0 Å². The molecule has 1 aliphatic rings. The first-order chi connectivity index (χ1) is 5.77. The van der Waals surface area contributed by atoms with Gasteiger partial charge >= 0.3 is 0 Å². The van der Waals surface area contributed by atoms with Crippen LogP contribution in [0, 0.1) is 5.92 Å². The van der Waals surface area contributed by atoms with Crippen molar-refractivity contribution in [1.82, 2.24) is 0 Å². The fourth-order valence-electron chi connectivity index (χ4n) is 1.47.